The number of hydrogen-bond acceptors (Lipinski definition) is 2. The Hall–Kier alpha value is -1.58. The molecule has 3 aromatic rings. The van der Waals surface area contributed by atoms with Crippen molar-refractivity contribution in [1.82, 2.24) is 14.5 Å². The van der Waals surface area contributed by atoms with Crippen molar-refractivity contribution in [2.24, 2.45) is 0 Å². The van der Waals surface area contributed by atoms with Gasteiger partial charge in [0.05, 0.1) is 28.8 Å². The van der Waals surface area contributed by atoms with Crippen LogP contribution in [0.1, 0.15) is 5.82 Å². The normalized spacial score (nSPS) is 11.0. The van der Waals surface area contributed by atoms with Crippen LogP contribution in [0.3, 0.4) is 0 Å². The van der Waals surface area contributed by atoms with E-state index in [1.807, 2.05) is 34.9 Å². The van der Waals surface area contributed by atoms with E-state index >= 15 is 0 Å². The molecule has 0 spiro atoms. The number of alkyl halides is 1. The van der Waals surface area contributed by atoms with Crippen molar-refractivity contribution < 1.29 is 0 Å². The van der Waals surface area contributed by atoms with Crippen LogP contribution in [0.25, 0.3) is 16.7 Å². The molecule has 0 aliphatic heterocycles. The van der Waals surface area contributed by atoms with Crippen molar-refractivity contribution in [3.05, 3.63) is 53.6 Å². The third kappa shape index (κ3) is 1.85. The van der Waals surface area contributed by atoms with Gasteiger partial charge in [0.15, 0.2) is 0 Å². The van der Waals surface area contributed by atoms with Gasteiger partial charge in [-0.3, -0.25) is 9.55 Å². The van der Waals surface area contributed by atoms with Gasteiger partial charge in [-0.05, 0) is 30.3 Å². The van der Waals surface area contributed by atoms with E-state index in [9.17, 15) is 0 Å². The third-order valence-electron chi connectivity index (χ3n) is 2.71. The Kier molecular flexibility index (Phi) is 2.94. The molecule has 0 amide bonds. The fourth-order valence-corrected chi connectivity index (χ4v) is 2.31. The SMILES string of the molecule is ClCc1nc2cc(Cl)ccc2n1-c1cccnc1. The number of hydrogen-bond donors (Lipinski definition) is 0. The van der Waals surface area contributed by atoms with Gasteiger partial charge in [0.2, 0.25) is 0 Å². The smallest absolute Gasteiger partial charge is 0.129 e. The van der Waals surface area contributed by atoms with Crippen LogP contribution in [0.4, 0.5) is 0 Å². The first kappa shape index (κ1) is 11.5. The lowest BCUT2D eigenvalue weighted by Crippen LogP contribution is -1.99. The van der Waals surface area contributed by atoms with E-state index in [-0.39, 0.29) is 0 Å². The van der Waals surface area contributed by atoms with Gasteiger partial charge in [0, 0.05) is 11.2 Å². The molecule has 3 nitrogen and oxygen atoms in total. The zero-order valence-electron chi connectivity index (χ0n) is 9.35. The fourth-order valence-electron chi connectivity index (χ4n) is 1.97. The largest absolute Gasteiger partial charge is 0.294 e. The molecule has 0 bridgehead atoms. The summed E-state index contributed by atoms with van der Waals surface area (Å²) in [5.74, 6) is 1.11. The van der Waals surface area contributed by atoms with E-state index in [0.717, 1.165) is 22.5 Å². The van der Waals surface area contributed by atoms with E-state index in [2.05, 4.69) is 9.97 Å². The molecule has 90 valence electrons. The lowest BCUT2D eigenvalue weighted by Gasteiger charge is -2.06. The van der Waals surface area contributed by atoms with Gasteiger partial charge in [-0.25, -0.2) is 4.98 Å². The molecule has 0 N–H and O–H groups in total. The van der Waals surface area contributed by atoms with Crippen molar-refractivity contribution in [3.8, 4) is 5.69 Å². The molecule has 2 aromatic heterocycles. The minimum atomic E-state index is 0.335. The van der Waals surface area contributed by atoms with Crippen LogP contribution in [0, 0.1) is 0 Å². The fraction of sp³-hybridized carbons (Fsp3) is 0.0769. The molecule has 0 atom stereocenters. The van der Waals surface area contributed by atoms with E-state index in [4.69, 9.17) is 23.2 Å². The minimum Gasteiger partial charge on any atom is -0.294 e. The molecule has 3 rings (SSSR count). The topological polar surface area (TPSA) is 30.7 Å². The highest BCUT2D eigenvalue weighted by Crippen LogP contribution is 2.24. The molecule has 0 unspecified atom stereocenters. The third-order valence-corrected chi connectivity index (χ3v) is 3.18. The van der Waals surface area contributed by atoms with Crippen LogP contribution in [-0.2, 0) is 5.88 Å². The zero-order chi connectivity index (χ0) is 12.5. The first-order valence-corrected chi connectivity index (χ1v) is 6.34. The number of fused-ring (bicyclic) bond motifs is 1. The van der Waals surface area contributed by atoms with Crippen LogP contribution in [-0.4, -0.2) is 14.5 Å². The Balaban J connectivity index is 2.33. The lowest BCUT2D eigenvalue weighted by molar-refractivity contribution is 0.973. The number of rotatable bonds is 2. The maximum absolute atomic E-state index is 5.97. The summed E-state index contributed by atoms with van der Waals surface area (Å²) in [6, 6.07) is 9.47. The van der Waals surface area contributed by atoms with Crippen LogP contribution < -0.4 is 0 Å². The molecule has 0 fully saturated rings. The predicted molar refractivity (Wildman–Crippen MR) is 73.4 cm³/mol. The number of benzene rings is 1. The highest BCUT2D eigenvalue weighted by molar-refractivity contribution is 6.31. The number of nitrogens with zero attached hydrogens (tertiary/aromatic N) is 3. The monoisotopic (exact) mass is 277 g/mol. The average molecular weight is 278 g/mol. The Morgan fingerprint density at radius 1 is 1.22 bits per heavy atom. The number of pyridine rings is 1. The molecule has 1 aromatic carbocycles. The van der Waals surface area contributed by atoms with Gasteiger partial charge in [-0.1, -0.05) is 11.6 Å². The average Bonchev–Trinajstić information content (AvgIpc) is 2.77. The second-order valence-corrected chi connectivity index (χ2v) is 4.55. The summed E-state index contributed by atoms with van der Waals surface area (Å²) < 4.78 is 1.99. The molecule has 5 heteroatoms. The maximum Gasteiger partial charge on any atom is 0.129 e. The summed E-state index contributed by atoms with van der Waals surface area (Å²) in [6.45, 7) is 0. The predicted octanol–water partition coefficient (Wildman–Crippen LogP) is 3.81. The highest BCUT2D eigenvalue weighted by Gasteiger charge is 2.11. The second kappa shape index (κ2) is 4.59. The molecule has 2 heterocycles. The molecule has 0 saturated carbocycles. The summed E-state index contributed by atoms with van der Waals surface area (Å²) in [5.41, 5.74) is 2.75. The summed E-state index contributed by atoms with van der Waals surface area (Å²) in [7, 11) is 0. The number of halogens is 2. The van der Waals surface area contributed by atoms with Gasteiger partial charge in [-0.2, -0.15) is 0 Å². The summed E-state index contributed by atoms with van der Waals surface area (Å²) in [4.78, 5) is 8.61. The van der Waals surface area contributed by atoms with Gasteiger partial charge < -0.3 is 0 Å². The van der Waals surface area contributed by atoms with E-state index < -0.39 is 0 Å². The molecule has 18 heavy (non-hydrogen) atoms. The quantitative estimate of drug-likeness (QED) is 0.667. The standard InChI is InChI=1S/C13H9Cl2N3/c14-7-13-17-11-6-9(15)3-4-12(11)18(13)10-2-1-5-16-8-10/h1-6,8H,7H2. The highest BCUT2D eigenvalue weighted by atomic mass is 35.5. The zero-order valence-corrected chi connectivity index (χ0v) is 10.9. The second-order valence-electron chi connectivity index (χ2n) is 3.84. The molecule has 0 aliphatic rings. The van der Waals surface area contributed by atoms with E-state index in [1.165, 1.54) is 0 Å². The Labute approximate surface area is 114 Å². The molecular formula is C13H9Cl2N3. The number of aromatic nitrogens is 3. The number of imidazole rings is 1. The first-order valence-electron chi connectivity index (χ1n) is 5.43. The first-order chi connectivity index (χ1) is 8.79. The molecule has 0 radical (unpaired) electrons. The molecular weight excluding hydrogens is 269 g/mol. The van der Waals surface area contributed by atoms with Gasteiger partial charge in [0.25, 0.3) is 0 Å². The summed E-state index contributed by atoms with van der Waals surface area (Å²) >= 11 is 11.9. The molecule has 0 saturated heterocycles. The lowest BCUT2D eigenvalue weighted by atomic mass is 10.3. The van der Waals surface area contributed by atoms with Crippen LogP contribution in [0.15, 0.2) is 42.7 Å². The summed E-state index contributed by atoms with van der Waals surface area (Å²) in [6.07, 6.45) is 3.52. The Morgan fingerprint density at radius 3 is 2.83 bits per heavy atom. The van der Waals surface area contributed by atoms with Crippen molar-refractivity contribution in [2.75, 3.05) is 0 Å². The van der Waals surface area contributed by atoms with Crippen molar-refractivity contribution >= 4 is 34.2 Å². The van der Waals surface area contributed by atoms with Crippen molar-refractivity contribution in [1.29, 1.82) is 0 Å². The van der Waals surface area contributed by atoms with Gasteiger partial charge in [0.1, 0.15) is 5.82 Å². The van der Waals surface area contributed by atoms with Crippen LogP contribution in [0.5, 0.6) is 0 Å². The molecule has 0 aliphatic carbocycles. The van der Waals surface area contributed by atoms with E-state index in [1.54, 1.807) is 12.4 Å². The van der Waals surface area contributed by atoms with Crippen LogP contribution >= 0.6 is 23.2 Å². The Morgan fingerprint density at radius 2 is 2.11 bits per heavy atom. The van der Waals surface area contributed by atoms with E-state index in [0.29, 0.717) is 10.9 Å². The van der Waals surface area contributed by atoms with Gasteiger partial charge >= 0.3 is 0 Å². The van der Waals surface area contributed by atoms with Gasteiger partial charge in [-0.15, -0.1) is 11.6 Å². The maximum atomic E-state index is 5.97. The van der Waals surface area contributed by atoms with Crippen molar-refractivity contribution in [3.63, 3.8) is 0 Å². The Bertz CT molecular complexity index is 692. The van der Waals surface area contributed by atoms with Crippen molar-refractivity contribution in [2.45, 2.75) is 5.88 Å². The minimum absolute atomic E-state index is 0.335. The summed E-state index contributed by atoms with van der Waals surface area (Å²) in [5, 5.41) is 0.666. The van der Waals surface area contributed by atoms with Crippen LogP contribution in [0.2, 0.25) is 5.02 Å².